The number of nitrogens with zero attached hydrogens (tertiary/aromatic N) is 2. The molecule has 2 saturated heterocycles. The minimum Gasteiger partial charge on any atom is -0.448 e. The Morgan fingerprint density at radius 3 is 1.94 bits per heavy atom. The first-order valence-corrected chi connectivity index (χ1v) is 6.69. The van der Waals surface area contributed by atoms with E-state index in [0.717, 1.165) is 19.4 Å². The molecular weight excluding hydrogens is 267 g/mol. The Bertz CT molecular complexity index is 239. The van der Waals surface area contributed by atoms with Gasteiger partial charge < -0.3 is 22.7 Å². The van der Waals surface area contributed by atoms with Crippen LogP contribution in [0.25, 0.3) is 0 Å². The SMILES string of the molecule is F[B-](F)(F)CN1CCC(CN2CCCC2)CC1.[K+]. The van der Waals surface area contributed by atoms with Gasteiger partial charge in [-0.2, -0.15) is 0 Å². The molecule has 2 aliphatic heterocycles. The van der Waals surface area contributed by atoms with E-state index in [2.05, 4.69) is 4.90 Å². The smallest absolute Gasteiger partial charge is 0.448 e. The second kappa shape index (κ2) is 8.00. The van der Waals surface area contributed by atoms with Gasteiger partial charge in [-0.15, -0.1) is 0 Å². The summed E-state index contributed by atoms with van der Waals surface area (Å²) in [5.41, 5.74) is 0. The predicted octanol–water partition coefficient (Wildman–Crippen LogP) is -0.815. The summed E-state index contributed by atoms with van der Waals surface area (Å²) in [6.07, 6.45) is 3.77. The molecule has 2 heterocycles. The maximum Gasteiger partial charge on any atom is 1.00 e. The molecule has 0 aromatic carbocycles. The van der Waals surface area contributed by atoms with E-state index in [1.165, 1.54) is 25.9 Å². The van der Waals surface area contributed by atoms with E-state index in [4.69, 9.17) is 0 Å². The van der Waals surface area contributed by atoms with Gasteiger partial charge in [0, 0.05) is 6.54 Å². The molecule has 0 unspecified atom stereocenters. The Labute approximate surface area is 150 Å². The Morgan fingerprint density at radius 2 is 1.44 bits per heavy atom. The van der Waals surface area contributed by atoms with E-state index in [9.17, 15) is 12.9 Å². The van der Waals surface area contributed by atoms with E-state index in [-0.39, 0.29) is 51.4 Å². The molecule has 0 aromatic heterocycles. The summed E-state index contributed by atoms with van der Waals surface area (Å²) in [5.74, 6) is 0.616. The number of hydrogen-bond donors (Lipinski definition) is 0. The minimum atomic E-state index is -4.65. The predicted molar refractivity (Wildman–Crippen MR) is 63.9 cm³/mol. The van der Waals surface area contributed by atoms with Crippen LogP contribution in [-0.4, -0.2) is 55.9 Å². The average Bonchev–Trinajstić information content (AvgIpc) is 2.71. The second-order valence-electron chi connectivity index (χ2n) is 5.46. The summed E-state index contributed by atoms with van der Waals surface area (Å²) < 4.78 is 36.8. The van der Waals surface area contributed by atoms with Crippen LogP contribution in [0.4, 0.5) is 12.9 Å². The topological polar surface area (TPSA) is 6.48 Å². The van der Waals surface area contributed by atoms with Crippen molar-refractivity contribution in [2.75, 3.05) is 39.2 Å². The largest absolute Gasteiger partial charge is 1.00 e. The molecule has 2 nitrogen and oxygen atoms in total. The zero-order valence-corrected chi connectivity index (χ0v) is 14.4. The van der Waals surface area contributed by atoms with Crippen molar-refractivity contribution in [1.82, 2.24) is 9.80 Å². The maximum atomic E-state index is 12.3. The molecule has 2 fully saturated rings. The van der Waals surface area contributed by atoms with E-state index in [1.54, 1.807) is 4.90 Å². The first-order valence-electron chi connectivity index (χ1n) is 6.69. The Kier molecular flexibility index (Phi) is 7.76. The number of likely N-dealkylation sites (tertiary alicyclic amines) is 2. The van der Waals surface area contributed by atoms with Crippen LogP contribution in [0.2, 0.25) is 0 Å². The molecule has 7 heteroatoms. The van der Waals surface area contributed by atoms with Crippen LogP contribution in [0, 0.1) is 5.92 Å². The van der Waals surface area contributed by atoms with Crippen LogP contribution < -0.4 is 51.4 Å². The van der Waals surface area contributed by atoms with Crippen molar-refractivity contribution in [2.45, 2.75) is 25.7 Å². The van der Waals surface area contributed by atoms with Crippen LogP contribution >= 0.6 is 0 Å². The van der Waals surface area contributed by atoms with Crippen LogP contribution in [0.5, 0.6) is 0 Å². The molecule has 0 saturated carbocycles. The second-order valence-corrected chi connectivity index (χ2v) is 5.46. The fourth-order valence-electron chi connectivity index (χ4n) is 2.97. The van der Waals surface area contributed by atoms with E-state index >= 15 is 0 Å². The van der Waals surface area contributed by atoms with Gasteiger partial charge >= 0.3 is 58.4 Å². The van der Waals surface area contributed by atoms with Crippen LogP contribution in [-0.2, 0) is 0 Å². The zero-order valence-electron chi connectivity index (χ0n) is 11.3. The maximum absolute atomic E-state index is 12.3. The molecule has 0 amide bonds. The molecule has 0 N–H and O–H groups in total. The van der Waals surface area contributed by atoms with Crippen LogP contribution in [0.15, 0.2) is 0 Å². The summed E-state index contributed by atoms with van der Waals surface area (Å²) in [5, 5.41) is 0. The van der Waals surface area contributed by atoms with Crippen molar-refractivity contribution < 1.29 is 64.3 Å². The van der Waals surface area contributed by atoms with Gasteiger partial charge in [0.1, 0.15) is 0 Å². The molecule has 0 radical (unpaired) electrons. The van der Waals surface area contributed by atoms with Gasteiger partial charge in [-0.25, -0.2) is 0 Å². The van der Waals surface area contributed by atoms with Gasteiger partial charge in [0.05, 0.1) is 0 Å². The Morgan fingerprint density at radius 1 is 0.889 bits per heavy atom. The summed E-state index contributed by atoms with van der Waals surface area (Å²) in [6.45, 7) is 0.0784. The van der Waals surface area contributed by atoms with Crippen LogP contribution in [0.1, 0.15) is 25.7 Å². The van der Waals surface area contributed by atoms with Gasteiger partial charge in [0.2, 0.25) is 0 Å². The van der Waals surface area contributed by atoms with Gasteiger partial charge in [0.15, 0.2) is 0 Å². The third-order valence-corrected chi connectivity index (χ3v) is 3.89. The standard InChI is InChI=1S/C11H21BF3N2.K/c13-12(14,15)10-17-7-3-11(4-8-17)9-16-5-1-2-6-16;/h11H,1-10H2;/q-1;+1. The molecule has 0 spiro atoms. The Balaban J connectivity index is 0.00000162. The molecule has 100 valence electrons. The van der Waals surface area contributed by atoms with Crippen molar-refractivity contribution in [3.05, 3.63) is 0 Å². The number of halogens is 3. The van der Waals surface area contributed by atoms with Crippen molar-refractivity contribution in [3.8, 4) is 0 Å². The molecule has 2 aliphatic rings. The molecular formula is C11H21BF3KN2. The van der Waals surface area contributed by atoms with Crippen molar-refractivity contribution in [3.63, 3.8) is 0 Å². The van der Waals surface area contributed by atoms with Crippen molar-refractivity contribution in [2.24, 2.45) is 5.92 Å². The molecule has 2 rings (SSSR count). The van der Waals surface area contributed by atoms with Gasteiger partial charge in [0.25, 0.3) is 0 Å². The normalized spacial score (nSPS) is 24.2. The molecule has 18 heavy (non-hydrogen) atoms. The number of piperidine rings is 1. The molecule has 0 aliphatic carbocycles. The number of hydrogen-bond acceptors (Lipinski definition) is 2. The first kappa shape index (κ1) is 17.5. The fraction of sp³-hybridized carbons (Fsp3) is 1.00. The van der Waals surface area contributed by atoms with Gasteiger partial charge in [-0.05, 0) is 64.2 Å². The third-order valence-electron chi connectivity index (χ3n) is 3.89. The molecule has 0 aromatic rings. The summed E-state index contributed by atoms with van der Waals surface area (Å²) in [7, 11) is 0. The van der Waals surface area contributed by atoms with Crippen molar-refractivity contribution in [1.29, 1.82) is 0 Å². The van der Waals surface area contributed by atoms with Crippen LogP contribution in [0.3, 0.4) is 0 Å². The summed E-state index contributed by atoms with van der Waals surface area (Å²) in [6, 6.07) is 0. The van der Waals surface area contributed by atoms with E-state index in [0.29, 0.717) is 19.0 Å². The average molecular weight is 288 g/mol. The zero-order chi connectivity index (χ0) is 12.3. The number of rotatable bonds is 4. The van der Waals surface area contributed by atoms with Crippen molar-refractivity contribution >= 4 is 6.98 Å². The van der Waals surface area contributed by atoms with Gasteiger partial charge in [-0.3, -0.25) is 0 Å². The van der Waals surface area contributed by atoms with E-state index in [1.807, 2.05) is 0 Å². The Hall–Kier alpha value is 1.41. The monoisotopic (exact) mass is 288 g/mol. The summed E-state index contributed by atoms with van der Waals surface area (Å²) >= 11 is 0. The van der Waals surface area contributed by atoms with E-state index < -0.39 is 13.4 Å². The fourth-order valence-corrected chi connectivity index (χ4v) is 2.97. The van der Waals surface area contributed by atoms with Gasteiger partial charge in [-0.1, -0.05) is 0 Å². The first-order chi connectivity index (χ1) is 8.03. The summed E-state index contributed by atoms with van der Waals surface area (Å²) in [4.78, 5) is 4.04. The quantitative estimate of drug-likeness (QED) is 0.624. The minimum absolute atomic E-state index is 0. The third kappa shape index (κ3) is 6.24. The molecule has 0 atom stereocenters. The molecule has 0 bridgehead atoms.